The van der Waals surface area contributed by atoms with Crippen molar-refractivity contribution < 1.29 is 14.3 Å². The molecule has 0 bridgehead atoms. The quantitative estimate of drug-likeness (QED) is 0.880. The normalized spacial score (nSPS) is 19.4. The number of nitrogens with zero attached hydrogens (tertiary/aromatic N) is 1. The van der Waals surface area contributed by atoms with E-state index < -0.39 is 0 Å². The zero-order valence-electron chi connectivity index (χ0n) is 12.1. The van der Waals surface area contributed by atoms with Gasteiger partial charge in [-0.3, -0.25) is 9.89 Å². The summed E-state index contributed by atoms with van der Waals surface area (Å²) in [7, 11) is 0. The number of aromatic nitrogens is 2. The molecule has 1 amide bonds. The highest BCUT2D eigenvalue weighted by Gasteiger charge is 2.22. The Hall–Kier alpha value is -2.50. The van der Waals surface area contributed by atoms with Crippen molar-refractivity contribution in [2.75, 3.05) is 13.2 Å². The maximum atomic E-state index is 12.4. The van der Waals surface area contributed by atoms with Crippen molar-refractivity contribution in [3.63, 3.8) is 0 Å². The minimum Gasteiger partial charge on any atom is -0.486 e. The van der Waals surface area contributed by atoms with E-state index in [0.717, 1.165) is 25.0 Å². The molecule has 2 N–H and O–H groups in total. The third-order valence-corrected chi connectivity index (χ3v) is 4.16. The van der Waals surface area contributed by atoms with Crippen LogP contribution in [-0.4, -0.2) is 35.4 Å². The van der Waals surface area contributed by atoms with Crippen LogP contribution in [0.3, 0.4) is 0 Å². The summed E-state index contributed by atoms with van der Waals surface area (Å²) >= 11 is 0. The molecule has 2 heterocycles. The Morgan fingerprint density at radius 1 is 1.27 bits per heavy atom. The lowest BCUT2D eigenvalue weighted by Gasteiger charge is -2.23. The van der Waals surface area contributed by atoms with Gasteiger partial charge in [-0.2, -0.15) is 5.10 Å². The molecule has 0 radical (unpaired) electrons. The van der Waals surface area contributed by atoms with Gasteiger partial charge in [0.05, 0.1) is 6.20 Å². The number of carbonyl (C=O) groups excluding carboxylic acids is 1. The number of hydrogen-bond donors (Lipinski definition) is 2. The fourth-order valence-electron chi connectivity index (χ4n) is 2.98. The van der Waals surface area contributed by atoms with Crippen LogP contribution in [0.4, 0.5) is 0 Å². The summed E-state index contributed by atoms with van der Waals surface area (Å²) in [4.78, 5) is 12.4. The number of H-pyrrole nitrogens is 1. The van der Waals surface area contributed by atoms with Gasteiger partial charge in [-0.25, -0.2) is 0 Å². The number of carbonyl (C=O) groups is 1. The van der Waals surface area contributed by atoms with Gasteiger partial charge in [0.1, 0.15) is 13.2 Å². The van der Waals surface area contributed by atoms with Gasteiger partial charge in [0.15, 0.2) is 11.5 Å². The second-order valence-corrected chi connectivity index (χ2v) is 5.65. The molecule has 0 saturated carbocycles. The molecule has 6 nitrogen and oxygen atoms in total. The summed E-state index contributed by atoms with van der Waals surface area (Å²) in [5.74, 6) is 1.26. The van der Waals surface area contributed by atoms with E-state index in [1.54, 1.807) is 18.2 Å². The Kier molecular flexibility index (Phi) is 3.21. The molecule has 0 saturated heterocycles. The zero-order valence-corrected chi connectivity index (χ0v) is 12.1. The van der Waals surface area contributed by atoms with E-state index in [0.29, 0.717) is 30.3 Å². The van der Waals surface area contributed by atoms with Crippen molar-refractivity contribution in [2.45, 2.75) is 25.3 Å². The first-order valence-electron chi connectivity index (χ1n) is 7.51. The molecule has 2 aliphatic rings. The largest absolute Gasteiger partial charge is 0.486 e. The number of benzene rings is 1. The highest BCUT2D eigenvalue weighted by atomic mass is 16.6. The minimum atomic E-state index is -0.0788. The summed E-state index contributed by atoms with van der Waals surface area (Å²) in [6.07, 6.45) is 4.54. The highest BCUT2D eigenvalue weighted by molar-refractivity contribution is 5.95. The fraction of sp³-hybridized carbons (Fsp3) is 0.375. The Morgan fingerprint density at radius 2 is 2.14 bits per heavy atom. The molecule has 6 heteroatoms. The van der Waals surface area contributed by atoms with E-state index in [2.05, 4.69) is 15.5 Å². The number of nitrogens with one attached hydrogen (secondary N) is 2. The molecule has 1 aliphatic heterocycles. The molecular weight excluding hydrogens is 282 g/mol. The predicted octanol–water partition coefficient (Wildman–Crippen LogP) is 1.47. The SMILES string of the molecule is O=C(NC1CCc2cn[nH]c2C1)c1ccc2c(c1)OCCO2. The van der Waals surface area contributed by atoms with Crippen LogP contribution in [0.5, 0.6) is 11.5 Å². The summed E-state index contributed by atoms with van der Waals surface area (Å²) in [6.45, 7) is 1.07. The van der Waals surface area contributed by atoms with E-state index in [1.807, 2.05) is 6.20 Å². The maximum Gasteiger partial charge on any atom is 0.251 e. The van der Waals surface area contributed by atoms with Crippen molar-refractivity contribution in [3.05, 3.63) is 41.2 Å². The summed E-state index contributed by atoms with van der Waals surface area (Å²) in [6, 6.07) is 5.44. The van der Waals surface area contributed by atoms with Crippen LogP contribution in [0.25, 0.3) is 0 Å². The van der Waals surface area contributed by atoms with Gasteiger partial charge in [0.25, 0.3) is 5.91 Å². The minimum absolute atomic E-state index is 0.0788. The first-order valence-corrected chi connectivity index (χ1v) is 7.51. The Labute approximate surface area is 127 Å². The van der Waals surface area contributed by atoms with Gasteiger partial charge in [0.2, 0.25) is 0 Å². The van der Waals surface area contributed by atoms with Crippen molar-refractivity contribution in [3.8, 4) is 11.5 Å². The molecule has 0 spiro atoms. The van der Waals surface area contributed by atoms with Gasteiger partial charge >= 0.3 is 0 Å². The molecule has 0 fully saturated rings. The van der Waals surface area contributed by atoms with Crippen LogP contribution in [0.15, 0.2) is 24.4 Å². The first kappa shape index (κ1) is 13.2. The summed E-state index contributed by atoms with van der Waals surface area (Å²) in [5, 5.41) is 10.1. The van der Waals surface area contributed by atoms with Crippen LogP contribution < -0.4 is 14.8 Å². The summed E-state index contributed by atoms with van der Waals surface area (Å²) < 4.78 is 11.0. The van der Waals surface area contributed by atoms with Crippen LogP contribution >= 0.6 is 0 Å². The van der Waals surface area contributed by atoms with E-state index in [1.165, 1.54) is 5.56 Å². The number of amides is 1. The van der Waals surface area contributed by atoms with E-state index >= 15 is 0 Å². The van der Waals surface area contributed by atoms with Crippen LogP contribution in [0, 0.1) is 0 Å². The van der Waals surface area contributed by atoms with Gasteiger partial charge in [-0.05, 0) is 36.6 Å². The Balaban J connectivity index is 1.46. The lowest BCUT2D eigenvalue weighted by atomic mass is 9.93. The highest BCUT2D eigenvalue weighted by Crippen LogP contribution is 2.30. The van der Waals surface area contributed by atoms with E-state index in [4.69, 9.17) is 9.47 Å². The monoisotopic (exact) mass is 299 g/mol. The van der Waals surface area contributed by atoms with E-state index in [9.17, 15) is 4.79 Å². The molecule has 22 heavy (non-hydrogen) atoms. The fourth-order valence-corrected chi connectivity index (χ4v) is 2.98. The lowest BCUT2D eigenvalue weighted by molar-refractivity contribution is 0.0932. The van der Waals surface area contributed by atoms with Crippen molar-refractivity contribution >= 4 is 5.91 Å². The Bertz CT molecular complexity index is 710. The van der Waals surface area contributed by atoms with Crippen LogP contribution in [0.1, 0.15) is 28.0 Å². The molecule has 1 aromatic heterocycles. The summed E-state index contributed by atoms with van der Waals surface area (Å²) in [5.41, 5.74) is 2.98. The second-order valence-electron chi connectivity index (χ2n) is 5.65. The number of aromatic amines is 1. The zero-order chi connectivity index (χ0) is 14.9. The molecular formula is C16H17N3O3. The molecule has 1 atom stereocenters. The predicted molar refractivity (Wildman–Crippen MR) is 79.3 cm³/mol. The van der Waals surface area contributed by atoms with Gasteiger partial charge in [-0.15, -0.1) is 0 Å². The number of ether oxygens (including phenoxy) is 2. The van der Waals surface area contributed by atoms with Crippen LogP contribution in [0.2, 0.25) is 0 Å². The molecule has 1 aromatic carbocycles. The first-order chi connectivity index (χ1) is 10.8. The number of fused-ring (bicyclic) bond motifs is 2. The third kappa shape index (κ3) is 2.41. The molecule has 1 aliphatic carbocycles. The van der Waals surface area contributed by atoms with Gasteiger partial charge in [0, 0.05) is 23.7 Å². The van der Waals surface area contributed by atoms with Gasteiger partial charge < -0.3 is 14.8 Å². The topological polar surface area (TPSA) is 76.2 Å². The molecule has 1 unspecified atom stereocenters. The average Bonchev–Trinajstić information content (AvgIpc) is 3.02. The average molecular weight is 299 g/mol. The molecule has 114 valence electrons. The lowest BCUT2D eigenvalue weighted by Crippen LogP contribution is -2.38. The number of rotatable bonds is 2. The molecule has 4 rings (SSSR count). The third-order valence-electron chi connectivity index (χ3n) is 4.16. The van der Waals surface area contributed by atoms with E-state index in [-0.39, 0.29) is 11.9 Å². The van der Waals surface area contributed by atoms with Crippen molar-refractivity contribution in [1.82, 2.24) is 15.5 Å². The second kappa shape index (κ2) is 5.36. The number of hydrogen-bond acceptors (Lipinski definition) is 4. The van der Waals surface area contributed by atoms with Gasteiger partial charge in [-0.1, -0.05) is 0 Å². The van der Waals surface area contributed by atoms with Crippen molar-refractivity contribution in [2.24, 2.45) is 0 Å². The standard InChI is InChI=1S/C16H17N3O3/c20-16(10-2-4-14-15(7-10)22-6-5-21-14)18-12-3-1-11-9-17-19-13(11)8-12/h2,4,7,9,12H,1,3,5-6,8H2,(H,17,19)(H,18,20). The maximum absolute atomic E-state index is 12.4. The van der Waals surface area contributed by atoms with Crippen molar-refractivity contribution in [1.29, 1.82) is 0 Å². The number of aryl methyl sites for hydroxylation is 1. The Morgan fingerprint density at radius 3 is 3.05 bits per heavy atom. The van der Waals surface area contributed by atoms with Crippen LogP contribution in [-0.2, 0) is 12.8 Å². The molecule has 2 aromatic rings. The smallest absolute Gasteiger partial charge is 0.251 e.